The number of ether oxygens (including phenoxy) is 1. The van der Waals surface area contributed by atoms with Gasteiger partial charge in [0.1, 0.15) is 12.4 Å². The molecule has 34 heavy (non-hydrogen) atoms. The number of rotatable bonds is 8. The number of nitrogens with one attached hydrogen (secondary N) is 2. The minimum atomic E-state index is 0. The number of halogens is 1. The Hall–Kier alpha value is -3.14. The molecule has 1 aromatic heterocycles. The Labute approximate surface area is 217 Å². The van der Waals surface area contributed by atoms with Crippen molar-refractivity contribution in [3.63, 3.8) is 0 Å². The van der Waals surface area contributed by atoms with Crippen LogP contribution in [0, 0.1) is 0 Å². The van der Waals surface area contributed by atoms with Gasteiger partial charge in [0, 0.05) is 45.0 Å². The summed E-state index contributed by atoms with van der Waals surface area (Å²) in [5.41, 5.74) is 4.08. The van der Waals surface area contributed by atoms with Crippen molar-refractivity contribution in [2.24, 2.45) is 4.99 Å². The Morgan fingerprint density at radius 2 is 1.82 bits per heavy atom. The number of pyridine rings is 1. The number of benzene rings is 2. The van der Waals surface area contributed by atoms with Crippen LogP contribution in [0.1, 0.15) is 29.7 Å². The van der Waals surface area contributed by atoms with E-state index in [1.54, 1.807) is 13.2 Å². The lowest BCUT2D eigenvalue weighted by molar-refractivity contribution is -0.117. The molecule has 0 unspecified atom stereocenters. The number of amides is 1. The normalized spacial score (nSPS) is 13.4. The Morgan fingerprint density at radius 1 is 1.03 bits per heavy atom. The van der Waals surface area contributed by atoms with Gasteiger partial charge in [0.25, 0.3) is 0 Å². The Morgan fingerprint density at radius 3 is 2.50 bits per heavy atom. The fourth-order valence-corrected chi connectivity index (χ4v) is 3.69. The Kier molecular flexibility index (Phi) is 9.69. The number of anilines is 1. The molecule has 8 heteroatoms. The van der Waals surface area contributed by atoms with Crippen molar-refractivity contribution < 1.29 is 9.53 Å². The van der Waals surface area contributed by atoms with Crippen LogP contribution in [0.15, 0.2) is 77.9 Å². The fraction of sp³-hybridized carbons (Fsp3) is 0.269. The van der Waals surface area contributed by atoms with Gasteiger partial charge in [0.05, 0.1) is 5.69 Å². The second kappa shape index (κ2) is 12.9. The summed E-state index contributed by atoms with van der Waals surface area (Å²) in [5, 5.41) is 6.67. The minimum absolute atomic E-state index is 0. The molecule has 0 bridgehead atoms. The van der Waals surface area contributed by atoms with Crippen molar-refractivity contribution in [2.45, 2.75) is 32.5 Å². The molecular weight excluding hydrogens is 541 g/mol. The zero-order chi connectivity index (χ0) is 22.9. The SMILES string of the molecule is CN=C(NCc1ccc(N2CCCC2=O)cc1)NCc1cccc(OCc2ccccn2)c1.I. The summed E-state index contributed by atoms with van der Waals surface area (Å²) in [5.74, 6) is 1.73. The number of hydrogen-bond donors (Lipinski definition) is 2. The molecule has 2 heterocycles. The summed E-state index contributed by atoms with van der Waals surface area (Å²) in [7, 11) is 1.75. The van der Waals surface area contributed by atoms with Crippen molar-refractivity contribution in [1.82, 2.24) is 15.6 Å². The number of hydrogen-bond acceptors (Lipinski definition) is 4. The first-order chi connectivity index (χ1) is 16.2. The molecule has 0 saturated carbocycles. The predicted molar refractivity (Wildman–Crippen MR) is 145 cm³/mol. The van der Waals surface area contributed by atoms with Gasteiger partial charge in [0.15, 0.2) is 5.96 Å². The van der Waals surface area contributed by atoms with Gasteiger partial charge in [-0.1, -0.05) is 30.3 Å². The summed E-state index contributed by atoms with van der Waals surface area (Å²) < 4.78 is 5.86. The molecule has 4 rings (SSSR count). The van der Waals surface area contributed by atoms with Crippen molar-refractivity contribution in [2.75, 3.05) is 18.5 Å². The van der Waals surface area contributed by atoms with Crippen LogP contribution >= 0.6 is 24.0 Å². The summed E-state index contributed by atoms with van der Waals surface area (Å²) in [6, 6.07) is 21.9. The first-order valence-corrected chi connectivity index (χ1v) is 11.2. The average Bonchev–Trinajstić information content (AvgIpc) is 3.30. The van der Waals surface area contributed by atoms with Crippen LogP contribution in [0.3, 0.4) is 0 Å². The van der Waals surface area contributed by atoms with Crippen molar-refractivity contribution >= 4 is 41.5 Å². The molecule has 178 valence electrons. The molecule has 1 saturated heterocycles. The maximum absolute atomic E-state index is 11.9. The van der Waals surface area contributed by atoms with Crippen LogP contribution in [0.5, 0.6) is 5.75 Å². The molecular formula is C26H30IN5O2. The van der Waals surface area contributed by atoms with E-state index in [2.05, 4.69) is 20.6 Å². The summed E-state index contributed by atoms with van der Waals surface area (Å²) in [4.78, 5) is 22.3. The van der Waals surface area contributed by atoms with E-state index in [4.69, 9.17) is 4.74 Å². The van der Waals surface area contributed by atoms with E-state index in [0.29, 0.717) is 32.1 Å². The van der Waals surface area contributed by atoms with E-state index in [1.165, 1.54) is 0 Å². The standard InChI is InChI=1S/C26H29N5O2.HI/c1-27-26(29-17-20-10-12-23(13-11-20)31-15-5-9-25(31)32)30-18-21-6-4-8-24(16-21)33-19-22-7-2-3-14-28-22;/h2-4,6-8,10-14,16H,5,9,15,17-19H2,1H3,(H2,27,29,30);1H. The summed E-state index contributed by atoms with van der Waals surface area (Å²) in [6.07, 6.45) is 3.34. The number of nitrogens with zero attached hydrogens (tertiary/aromatic N) is 3. The molecule has 3 aromatic rings. The van der Waals surface area contributed by atoms with Crippen molar-refractivity contribution in [3.05, 3.63) is 89.7 Å². The van der Waals surface area contributed by atoms with E-state index >= 15 is 0 Å². The third kappa shape index (κ3) is 7.18. The molecule has 0 aliphatic carbocycles. The second-order valence-electron chi connectivity index (χ2n) is 7.85. The highest BCUT2D eigenvalue weighted by molar-refractivity contribution is 14.0. The Bertz CT molecular complexity index is 1090. The lowest BCUT2D eigenvalue weighted by Gasteiger charge is -2.16. The van der Waals surface area contributed by atoms with Gasteiger partial charge in [-0.05, 0) is 53.9 Å². The maximum Gasteiger partial charge on any atom is 0.227 e. The molecule has 1 aliphatic rings. The van der Waals surface area contributed by atoms with Crippen LogP contribution < -0.4 is 20.3 Å². The number of guanidine groups is 1. The first-order valence-electron chi connectivity index (χ1n) is 11.2. The highest BCUT2D eigenvalue weighted by Crippen LogP contribution is 2.21. The van der Waals surface area contributed by atoms with E-state index in [0.717, 1.165) is 41.2 Å². The topological polar surface area (TPSA) is 78.9 Å². The smallest absolute Gasteiger partial charge is 0.227 e. The lowest BCUT2D eigenvalue weighted by Crippen LogP contribution is -2.36. The maximum atomic E-state index is 11.9. The molecule has 7 nitrogen and oxygen atoms in total. The van der Waals surface area contributed by atoms with Crippen molar-refractivity contribution in [3.8, 4) is 5.75 Å². The molecule has 2 aromatic carbocycles. The van der Waals surface area contributed by atoms with Gasteiger partial charge in [-0.15, -0.1) is 24.0 Å². The van der Waals surface area contributed by atoms with Crippen LogP contribution in [0.4, 0.5) is 5.69 Å². The zero-order valence-electron chi connectivity index (χ0n) is 19.2. The third-order valence-corrected chi connectivity index (χ3v) is 5.48. The van der Waals surface area contributed by atoms with Crippen LogP contribution in [0.25, 0.3) is 0 Å². The average molecular weight is 571 g/mol. The van der Waals surface area contributed by atoms with Gasteiger partial charge >= 0.3 is 0 Å². The summed E-state index contributed by atoms with van der Waals surface area (Å²) >= 11 is 0. The predicted octanol–water partition coefficient (Wildman–Crippen LogP) is 4.27. The van der Waals surface area contributed by atoms with Gasteiger partial charge in [-0.25, -0.2) is 0 Å². The molecule has 0 radical (unpaired) electrons. The van der Waals surface area contributed by atoms with Gasteiger partial charge < -0.3 is 20.3 Å². The molecule has 0 atom stereocenters. The third-order valence-electron chi connectivity index (χ3n) is 5.48. The first kappa shape index (κ1) is 25.5. The van der Waals surface area contributed by atoms with Gasteiger partial charge in [-0.3, -0.25) is 14.8 Å². The van der Waals surface area contributed by atoms with Crippen LogP contribution in [-0.4, -0.2) is 30.4 Å². The fourth-order valence-electron chi connectivity index (χ4n) is 3.69. The van der Waals surface area contributed by atoms with E-state index in [9.17, 15) is 4.79 Å². The van der Waals surface area contributed by atoms with Crippen LogP contribution in [0.2, 0.25) is 0 Å². The molecule has 1 amide bonds. The zero-order valence-corrected chi connectivity index (χ0v) is 21.6. The van der Waals surface area contributed by atoms with E-state index < -0.39 is 0 Å². The number of aromatic nitrogens is 1. The molecule has 0 spiro atoms. The van der Waals surface area contributed by atoms with E-state index in [-0.39, 0.29) is 29.9 Å². The number of carbonyl (C=O) groups excluding carboxylic acids is 1. The molecule has 2 N–H and O–H groups in total. The number of carbonyl (C=O) groups is 1. The highest BCUT2D eigenvalue weighted by atomic mass is 127. The second-order valence-corrected chi connectivity index (χ2v) is 7.85. The van der Waals surface area contributed by atoms with Gasteiger partial charge in [-0.2, -0.15) is 0 Å². The number of aliphatic imine (C=N–C) groups is 1. The van der Waals surface area contributed by atoms with Gasteiger partial charge in [0.2, 0.25) is 5.91 Å². The van der Waals surface area contributed by atoms with Crippen LogP contribution in [-0.2, 0) is 24.5 Å². The molecule has 1 fully saturated rings. The monoisotopic (exact) mass is 571 g/mol. The lowest BCUT2D eigenvalue weighted by atomic mass is 10.2. The quantitative estimate of drug-likeness (QED) is 0.240. The largest absolute Gasteiger partial charge is 0.487 e. The van der Waals surface area contributed by atoms with Crippen molar-refractivity contribution in [1.29, 1.82) is 0 Å². The van der Waals surface area contributed by atoms with E-state index in [1.807, 2.05) is 71.6 Å². The summed E-state index contributed by atoms with van der Waals surface area (Å²) in [6.45, 7) is 2.51. The highest BCUT2D eigenvalue weighted by Gasteiger charge is 2.21. The minimum Gasteiger partial charge on any atom is -0.487 e. The molecule has 1 aliphatic heterocycles. The Balaban J connectivity index is 0.00000324.